The number of nitro groups is 1. The fraction of sp³-hybridized carbons (Fsp3) is 0.429. The van der Waals surface area contributed by atoms with Crippen LogP contribution in [0.4, 0.5) is 11.4 Å². The second kappa shape index (κ2) is 33.7. The van der Waals surface area contributed by atoms with Gasteiger partial charge in [0.05, 0.1) is 24.1 Å². The molecule has 2 rings (SSSR count). The quantitative estimate of drug-likeness (QED) is 0.0671. The summed E-state index contributed by atoms with van der Waals surface area (Å²) in [6.07, 6.45) is 3.89. The number of likely N-dealkylation sites (N-methyl/N-ethyl adjacent to an activating group) is 1. The largest absolute Gasteiger partial charge is 0.674 e. The molecule has 0 saturated carbocycles. The van der Waals surface area contributed by atoms with Gasteiger partial charge in [0.2, 0.25) is 18.2 Å². The zero-order valence-electron chi connectivity index (χ0n) is 25.7. The van der Waals surface area contributed by atoms with Gasteiger partial charge in [0, 0.05) is 45.4 Å². The van der Waals surface area contributed by atoms with E-state index in [2.05, 4.69) is 40.8 Å². The van der Waals surface area contributed by atoms with Gasteiger partial charge in [-0.3, -0.25) is 24.5 Å². The van der Waals surface area contributed by atoms with Gasteiger partial charge in [-0.1, -0.05) is 38.0 Å². The van der Waals surface area contributed by atoms with Crippen LogP contribution in [0.25, 0.3) is 5.73 Å². The van der Waals surface area contributed by atoms with Crippen LogP contribution in [-0.4, -0.2) is 74.3 Å². The maximum absolute atomic E-state index is 12.1. The molecule has 2 aromatic rings. The Morgan fingerprint density at radius 1 is 1.07 bits per heavy atom. The van der Waals surface area contributed by atoms with Crippen LogP contribution < -0.4 is 32.7 Å². The van der Waals surface area contributed by atoms with Crippen LogP contribution in [0.3, 0.4) is 0 Å². The van der Waals surface area contributed by atoms with Crippen LogP contribution in [0.2, 0.25) is 0 Å². The van der Waals surface area contributed by atoms with Crippen molar-refractivity contribution in [3.8, 4) is 5.75 Å². The summed E-state index contributed by atoms with van der Waals surface area (Å²) in [5, 5.41) is 29.4. The van der Waals surface area contributed by atoms with Gasteiger partial charge < -0.3 is 48.4 Å². The van der Waals surface area contributed by atoms with E-state index >= 15 is 0 Å². The number of hydrogen-bond donors (Lipinski definition) is 7. The molecular weight excluding hydrogens is 744 g/mol. The molecule has 0 aromatic heterocycles. The van der Waals surface area contributed by atoms with Gasteiger partial charge in [-0.25, -0.2) is 0 Å². The Kier molecular flexibility index (Phi) is 36.2. The molecule has 0 unspecified atom stereocenters. The number of amides is 3. The number of phenols is 1. The predicted octanol–water partition coefficient (Wildman–Crippen LogP) is 1.84. The number of nitro benzene ring substituents is 1. The Labute approximate surface area is 273 Å². The number of non-ortho nitro benzene ring substituents is 1. The number of aromatic hydroxyl groups is 1. The van der Waals surface area contributed by atoms with E-state index in [4.69, 9.17) is 16.6 Å². The van der Waals surface area contributed by atoms with Gasteiger partial charge in [0.1, 0.15) is 12.0 Å². The molecule has 2 aromatic carbocycles. The number of nitrogens with zero attached hydrogens (tertiary/aromatic N) is 1. The summed E-state index contributed by atoms with van der Waals surface area (Å²) in [5.74, 6) is -0.375. The number of aldehydes is 1. The monoisotopic (exact) mass is 791 g/mol. The van der Waals surface area contributed by atoms with Gasteiger partial charge >= 0.3 is 0 Å². The van der Waals surface area contributed by atoms with Crippen molar-refractivity contribution in [1.29, 1.82) is 0 Å². The van der Waals surface area contributed by atoms with Crippen LogP contribution >= 0.6 is 0 Å². The summed E-state index contributed by atoms with van der Waals surface area (Å²) in [6.45, 7) is 5.04. The first-order chi connectivity index (χ1) is 20.6. The molecule has 0 saturated heterocycles. The van der Waals surface area contributed by atoms with Crippen LogP contribution in [0, 0.1) is 10.1 Å². The summed E-state index contributed by atoms with van der Waals surface area (Å²) in [6, 6.07) is 12.0. The second-order valence-corrected chi connectivity index (χ2v) is 8.07. The smallest absolute Gasteiger partial charge is 0.269 e. The molecule has 15 nitrogen and oxygen atoms in total. The molecule has 0 spiro atoms. The Hall–Kier alpha value is -3.75. The van der Waals surface area contributed by atoms with Crippen molar-refractivity contribution in [2.45, 2.75) is 45.7 Å². The minimum atomic E-state index is -0.514. The van der Waals surface area contributed by atoms with Crippen molar-refractivity contribution in [1.82, 2.24) is 16.0 Å². The number of phenolic OH excluding ortho intramolecular Hbond substituents is 1. The number of carbonyl (C=O) groups excluding carboxylic acids is 4. The molecule has 10 N–H and O–H groups in total. The Morgan fingerprint density at radius 3 is 2.02 bits per heavy atom. The Balaban J connectivity index is -0.000000279. The summed E-state index contributed by atoms with van der Waals surface area (Å²) >= 11 is 0. The van der Waals surface area contributed by atoms with E-state index in [0.29, 0.717) is 25.7 Å². The third-order valence-corrected chi connectivity index (χ3v) is 4.62. The number of nitrogens with one attached hydrogen (secondary N) is 5. The molecule has 0 radical (unpaired) electrons. The average Bonchev–Trinajstić information content (AvgIpc) is 3.02. The van der Waals surface area contributed by atoms with E-state index in [9.17, 15) is 29.3 Å². The molecule has 16 heteroatoms. The molecule has 0 bridgehead atoms. The second-order valence-electron chi connectivity index (χ2n) is 8.07. The van der Waals surface area contributed by atoms with Gasteiger partial charge in [0.15, 0.2) is 0 Å². The molecule has 0 aliphatic heterocycles. The number of anilines is 1. The average molecular weight is 792 g/mol. The Morgan fingerprint density at radius 2 is 1.61 bits per heavy atom. The SMILES string of the molecule is CCC.CN.CN[C@@H](CCCNC=O)C(=O)Nc1ccc(C[NH-])cc1.NCC(=O)NCC=O.O=[N+]([O-])c1ccc(O)cc1.[W]. The minimum absolute atomic E-state index is 0. The van der Waals surface area contributed by atoms with Crippen LogP contribution in [0.5, 0.6) is 5.75 Å². The number of rotatable bonds is 13. The zero-order chi connectivity index (χ0) is 33.5. The third kappa shape index (κ3) is 27.1. The minimum Gasteiger partial charge on any atom is -0.674 e. The summed E-state index contributed by atoms with van der Waals surface area (Å²) in [4.78, 5) is 51.5. The van der Waals surface area contributed by atoms with E-state index < -0.39 is 4.92 Å². The van der Waals surface area contributed by atoms with Crippen molar-refractivity contribution in [3.63, 3.8) is 0 Å². The first-order valence-electron chi connectivity index (χ1n) is 13.4. The number of hydrogen-bond acceptors (Lipinski definition) is 10. The fourth-order valence-electron chi connectivity index (χ4n) is 2.61. The maximum atomic E-state index is 12.1. The molecule has 1 atom stereocenters. The summed E-state index contributed by atoms with van der Waals surface area (Å²) in [7, 11) is 3.24. The number of benzene rings is 2. The predicted molar refractivity (Wildman–Crippen MR) is 168 cm³/mol. The molecule has 248 valence electrons. The standard InChI is InChI=1S/C14H21N4O2.C6H5NO3.C4H8N2O2.C3H8.CH5N.W/c1-16-13(3-2-8-17-10-19)14(20)18-12-6-4-11(9-15)5-7-12;8-6-3-1-5(2-4-6)7(9)10;5-3-4(8)6-1-2-7;1-3-2;1-2;/h4-7,10,13,15-16H,2-3,8-9H2,1H3,(H,17,19)(H,18,20);1-4,8H;2H,1,3,5H2,(H,6,8);3H2,1-2H3;2H2,1H3;/q-1;;;;;/t13-;;;;;/m0...../s1. The van der Waals surface area contributed by atoms with E-state index in [1.165, 1.54) is 37.7 Å². The topological polar surface area (TPSA) is 256 Å². The number of carbonyl (C=O) groups is 4. The molecule has 44 heavy (non-hydrogen) atoms. The maximum Gasteiger partial charge on any atom is 0.269 e. The molecular formula is C28H47N8O7W-. The molecule has 0 heterocycles. The van der Waals surface area contributed by atoms with Crippen molar-refractivity contribution in [3.05, 3.63) is 69.9 Å². The van der Waals surface area contributed by atoms with E-state index in [1.54, 1.807) is 19.2 Å². The zero-order valence-corrected chi connectivity index (χ0v) is 28.6. The van der Waals surface area contributed by atoms with Gasteiger partial charge in [-0.15, -0.1) is 6.54 Å². The van der Waals surface area contributed by atoms with Gasteiger partial charge in [0.25, 0.3) is 5.69 Å². The third-order valence-electron chi connectivity index (χ3n) is 4.62. The van der Waals surface area contributed by atoms with Crippen LogP contribution in [0.1, 0.15) is 38.7 Å². The summed E-state index contributed by atoms with van der Waals surface area (Å²) in [5.41, 5.74) is 18.2. The van der Waals surface area contributed by atoms with E-state index in [0.717, 1.165) is 17.7 Å². The first-order valence-corrected chi connectivity index (χ1v) is 13.4. The van der Waals surface area contributed by atoms with Crippen molar-refractivity contribution in [2.24, 2.45) is 11.5 Å². The molecule has 0 aliphatic rings. The van der Waals surface area contributed by atoms with E-state index in [-0.39, 0.29) is 70.0 Å². The molecule has 3 amide bonds. The Bertz CT molecular complexity index is 1010. The van der Waals surface area contributed by atoms with Crippen LogP contribution in [0.15, 0.2) is 48.5 Å². The van der Waals surface area contributed by atoms with Gasteiger partial charge in [-0.2, -0.15) is 0 Å². The molecule has 0 fully saturated rings. The van der Waals surface area contributed by atoms with Crippen LogP contribution in [-0.2, 0) is 46.8 Å². The van der Waals surface area contributed by atoms with Gasteiger partial charge in [-0.05, 0) is 51.2 Å². The van der Waals surface area contributed by atoms with E-state index in [1.807, 2.05) is 12.1 Å². The number of nitrogens with two attached hydrogens (primary N) is 2. The van der Waals surface area contributed by atoms with Crippen molar-refractivity contribution < 1.29 is 50.3 Å². The van der Waals surface area contributed by atoms with Crippen molar-refractivity contribution >= 4 is 35.9 Å². The normalized spacial score (nSPS) is 9.43. The first kappa shape index (κ1) is 47.2. The molecule has 0 aliphatic carbocycles. The fourth-order valence-corrected chi connectivity index (χ4v) is 2.61. The summed E-state index contributed by atoms with van der Waals surface area (Å²) < 4.78 is 0. The van der Waals surface area contributed by atoms with Crippen molar-refractivity contribution in [2.75, 3.05) is 39.0 Å².